The van der Waals surface area contributed by atoms with Crippen LogP contribution in [-0.2, 0) is 11.2 Å². The minimum Gasteiger partial charge on any atom is -0.370 e. The fourth-order valence-corrected chi connectivity index (χ4v) is 2.88. The van der Waals surface area contributed by atoms with Crippen molar-refractivity contribution in [2.45, 2.75) is 57.9 Å². The first-order valence-electron chi connectivity index (χ1n) is 8.62. The third-order valence-electron chi connectivity index (χ3n) is 4.20. The molecule has 4 N–H and O–H groups in total. The molecule has 1 amide bonds. The number of hydrogen-bond donors (Lipinski definition) is 3. The summed E-state index contributed by atoms with van der Waals surface area (Å²) in [6, 6.07) is 8.43. The Morgan fingerprint density at radius 1 is 1.30 bits per heavy atom. The van der Waals surface area contributed by atoms with Crippen LogP contribution in [0.2, 0.25) is 0 Å². The molecule has 0 aliphatic heterocycles. The Balaban J connectivity index is 1.72. The van der Waals surface area contributed by atoms with Gasteiger partial charge in [-0.25, -0.2) is 0 Å². The predicted octanol–water partition coefficient (Wildman–Crippen LogP) is 2.81. The number of rotatable bonds is 6. The summed E-state index contributed by atoms with van der Waals surface area (Å²) in [5.41, 5.74) is 8.05. The van der Waals surface area contributed by atoms with Gasteiger partial charge in [0.25, 0.3) is 0 Å². The number of benzene rings is 1. The van der Waals surface area contributed by atoms with Crippen molar-refractivity contribution in [3.8, 4) is 0 Å². The highest BCUT2D eigenvalue weighted by Gasteiger charge is 2.15. The van der Waals surface area contributed by atoms with Crippen LogP contribution in [0.25, 0.3) is 0 Å². The van der Waals surface area contributed by atoms with Crippen LogP contribution in [0.3, 0.4) is 0 Å². The van der Waals surface area contributed by atoms with Gasteiger partial charge in [-0.15, -0.1) is 0 Å². The molecule has 0 spiro atoms. The van der Waals surface area contributed by atoms with Crippen LogP contribution in [-0.4, -0.2) is 24.5 Å². The summed E-state index contributed by atoms with van der Waals surface area (Å²) in [7, 11) is 0. The lowest BCUT2D eigenvalue weighted by Crippen LogP contribution is -2.36. The quantitative estimate of drug-likeness (QED) is 0.558. The number of anilines is 1. The maximum absolute atomic E-state index is 11.9. The van der Waals surface area contributed by atoms with Gasteiger partial charge in [-0.05, 0) is 37.0 Å². The molecule has 1 aromatic carbocycles. The summed E-state index contributed by atoms with van der Waals surface area (Å²) in [5.74, 6) is 0.421. The van der Waals surface area contributed by atoms with E-state index in [4.69, 9.17) is 5.73 Å². The first kappa shape index (κ1) is 17.3. The molecule has 1 saturated carbocycles. The maximum atomic E-state index is 11.9. The number of aliphatic imine (C=N–C) groups is 1. The number of amides is 1. The summed E-state index contributed by atoms with van der Waals surface area (Å²) in [6.45, 7) is 2.52. The van der Waals surface area contributed by atoms with E-state index in [0.29, 0.717) is 25.0 Å². The van der Waals surface area contributed by atoms with E-state index in [1.807, 2.05) is 12.1 Å². The molecule has 0 aromatic heterocycles. The smallest absolute Gasteiger partial charge is 0.222 e. The van der Waals surface area contributed by atoms with E-state index in [9.17, 15) is 4.79 Å². The molecule has 0 heterocycles. The van der Waals surface area contributed by atoms with Crippen LogP contribution in [0.1, 0.15) is 51.0 Å². The first-order valence-corrected chi connectivity index (χ1v) is 8.62. The van der Waals surface area contributed by atoms with Gasteiger partial charge in [-0.1, -0.05) is 38.3 Å². The van der Waals surface area contributed by atoms with Crippen molar-refractivity contribution in [1.29, 1.82) is 0 Å². The van der Waals surface area contributed by atoms with Crippen molar-refractivity contribution in [2.24, 2.45) is 10.7 Å². The maximum Gasteiger partial charge on any atom is 0.222 e. The minimum absolute atomic E-state index is 0.0708. The number of nitrogens with zero attached hydrogens (tertiary/aromatic N) is 1. The molecular weight excluding hydrogens is 288 g/mol. The van der Waals surface area contributed by atoms with Crippen molar-refractivity contribution in [3.63, 3.8) is 0 Å². The van der Waals surface area contributed by atoms with E-state index in [1.54, 1.807) is 0 Å². The molecule has 1 aliphatic carbocycles. The van der Waals surface area contributed by atoms with E-state index in [2.05, 4.69) is 34.7 Å². The van der Waals surface area contributed by atoms with Crippen molar-refractivity contribution in [2.75, 3.05) is 11.9 Å². The van der Waals surface area contributed by atoms with Crippen molar-refractivity contribution < 1.29 is 4.79 Å². The van der Waals surface area contributed by atoms with Crippen molar-refractivity contribution in [1.82, 2.24) is 5.32 Å². The zero-order valence-corrected chi connectivity index (χ0v) is 14.0. The molecule has 23 heavy (non-hydrogen) atoms. The lowest BCUT2D eigenvalue weighted by atomic mass is 9.95. The fourth-order valence-electron chi connectivity index (χ4n) is 2.88. The zero-order chi connectivity index (χ0) is 16.5. The standard InChI is InChI=1S/C18H28N4O/c1-2-14-7-6-10-16(13-14)22-18(19)20-12-11-17(23)21-15-8-4-3-5-9-15/h6-7,10,13,15H,2-5,8-9,11-12H2,1H3,(H,21,23)(H3,19,20,22). The number of carbonyl (C=O) groups is 1. The van der Waals surface area contributed by atoms with Crippen LogP contribution in [0.15, 0.2) is 29.3 Å². The van der Waals surface area contributed by atoms with Gasteiger partial charge in [0, 0.05) is 18.2 Å². The average molecular weight is 316 g/mol. The highest BCUT2D eigenvalue weighted by molar-refractivity contribution is 5.92. The third-order valence-corrected chi connectivity index (χ3v) is 4.20. The van der Waals surface area contributed by atoms with Crippen LogP contribution >= 0.6 is 0 Å². The molecule has 5 heteroatoms. The second kappa shape index (κ2) is 9.18. The lowest BCUT2D eigenvalue weighted by Gasteiger charge is -2.22. The van der Waals surface area contributed by atoms with Crippen LogP contribution in [0.4, 0.5) is 5.69 Å². The predicted molar refractivity (Wildman–Crippen MR) is 95.6 cm³/mol. The Kier molecular flexibility index (Phi) is 6.91. The van der Waals surface area contributed by atoms with Crippen molar-refractivity contribution in [3.05, 3.63) is 29.8 Å². The van der Waals surface area contributed by atoms with E-state index in [1.165, 1.54) is 24.8 Å². The van der Waals surface area contributed by atoms with Crippen LogP contribution < -0.4 is 16.4 Å². The van der Waals surface area contributed by atoms with Crippen LogP contribution in [0, 0.1) is 0 Å². The van der Waals surface area contributed by atoms with Gasteiger partial charge >= 0.3 is 0 Å². The van der Waals surface area contributed by atoms with Gasteiger partial charge in [-0.2, -0.15) is 0 Å². The second-order valence-corrected chi connectivity index (χ2v) is 6.10. The topological polar surface area (TPSA) is 79.5 Å². The third kappa shape index (κ3) is 6.30. The molecule has 1 fully saturated rings. The molecule has 5 nitrogen and oxygen atoms in total. The SMILES string of the molecule is CCc1cccc(NC(N)=NCCC(=O)NC2CCCCC2)c1. The molecule has 0 unspecified atom stereocenters. The Labute approximate surface area is 138 Å². The van der Waals surface area contributed by atoms with E-state index in [0.717, 1.165) is 24.9 Å². The number of carbonyl (C=O) groups excluding carboxylic acids is 1. The molecule has 0 bridgehead atoms. The highest BCUT2D eigenvalue weighted by atomic mass is 16.1. The largest absolute Gasteiger partial charge is 0.370 e. The number of aryl methyl sites for hydroxylation is 1. The number of hydrogen-bond acceptors (Lipinski definition) is 2. The molecule has 1 aromatic rings. The molecule has 0 saturated heterocycles. The molecule has 126 valence electrons. The summed E-state index contributed by atoms with van der Waals surface area (Å²) in [5, 5.41) is 6.16. The molecule has 1 aliphatic rings. The zero-order valence-electron chi connectivity index (χ0n) is 14.0. The summed E-state index contributed by atoms with van der Waals surface area (Å²) < 4.78 is 0. The first-order chi connectivity index (χ1) is 11.2. The molecule has 2 rings (SSSR count). The Morgan fingerprint density at radius 2 is 2.09 bits per heavy atom. The summed E-state index contributed by atoms with van der Waals surface area (Å²) >= 11 is 0. The van der Waals surface area contributed by atoms with E-state index >= 15 is 0 Å². The van der Waals surface area contributed by atoms with Gasteiger partial charge < -0.3 is 16.4 Å². The number of nitrogens with two attached hydrogens (primary N) is 1. The van der Waals surface area contributed by atoms with Crippen molar-refractivity contribution >= 4 is 17.6 Å². The van der Waals surface area contributed by atoms with E-state index in [-0.39, 0.29) is 5.91 Å². The Bertz CT molecular complexity index is 536. The molecular formula is C18H28N4O. The Morgan fingerprint density at radius 3 is 2.83 bits per heavy atom. The fraction of sp³-hybridized carbons (Fsp3) is 0.556. The van der Waals surface area contributed by atoms with Crippen LogP contribution in [0.5, 0.6) is 0 Å². The van der Waals surface area contributed by atoms with Gasteiger partial charge in [0.1, 0.15) is 0 Å². The normalized spacial score (nSPS) is 16.1. The highest BCUT2D eigenvalue weighted by Crippen LogP contribution is 2.17. The van der Waals surface area contributed by atoms with E-state index < -0.39 is 0 Å². The van der Waals surface area contributed by atoms with Gasteiger partial charge in [-0.3, -0.25) is 9.79 Å². The second-order valence-electron chi connectivity index (χ2n) is 6.10. The monoisotopic (exact) mass is 316 g/mol. The lowest BCUT2D eigenvalue weighted by molar-refractivity contribution is -0.121. The average Bonchev–Trinajstić information content (AvgIpc) is 2.56. The number of nitrogens with one attached hydrogen (secondary N) is 2. The summed E-state index contributed by atoms with van der Waals surface area (Å²) in [6.07, 6.45) is 7.30. The minimum atomic E-state index is 0.0708. The van der Waals surface area contributed by atoms with Gasteiger partial charge in [0.2, 0.25) is 5.91 Å². The summed E-state index contributed by atoms with van der Waals surface area (Å²) in [4.78, 5) is 16.1. The molecule has 0 radical (unpaired) electrons. The Hall–Kier alpha value is -2.04. The van der Waals surface area contributed by atoms with Gasteiger partial charge in [0.05, 0.1) is 6.54 Å². The number of guanidine groups is 1. The molecule has 0 atom stereocenters. The van der Waals surface area contributed by atoms with Gasteiger partial charge in [0.15, 0.2) is 5.96 Å².